The van der Waals surface area contributed by atoms with Crippen LogP contribution in [0, 0.1) is 0 Å². The van der Waals surface area contributed by atoms with Crippen LogP contribution in [-0.4, -0.2) is 52.7 Å². The summed E-state index contributed by atoms with van der Waals surface area (Å²) < 4.78 is 11.2. The van der Waals surface area contributed by atoms with Gasteiger partial charge in [-0.2, -0.15) is 0 Å². The first-order valence-electron chi connectivity index (χ1n) is 10.5. The highest BCUT2D eigenvalue weighted by molar-refractivity contribution is 6.46. The molecule has 0 aliphatic carbocycles. The molecule has 2 aliphatic heterocycles. The number of Topliss-reactive ketones (excluding diaryl/α,β-unsaturated/α-hetero) is 1. The summed E-state index contributed by atoms with van der Waals surface area (Å²) in [6.45, 7) is 2.95. The lowest BCUT2D eigenvalue weighted by Crippen LogP contribution is -2.36. The van der Waals surface area contributed by atoms with Crippen molar-refractivity contribution in [1.82, 2.24) is 4.90 Å². The number of halogens is 1. The number of carbonyl (C=O) groups is 2. The van der Waals surface area contributed by atoms with E-state index in [0.717, 1.165) is 12.8 Å². The number of phenolic OH excluding ortho intramolecular Hbond substituents is 1. The summed E-state index contributed by atoms with van der Waals surface area (Å²) in [6.07, 6.45) is 1.49. The molecule has 2 fully saturated rings. The number of aliphatic hydroxyl groups excluding tert-OH is 1. The normalized spacial score (nSPS) is 22.5. The zero-order chi connectivity index (χ0) is 22.8. The van der Waals surface area contributed by atoms with Gasteiger partial charge >= 0.3 is 0 Å². The van der Waals surface area contributed by atoms with Gasteiger partial charge in [0, 0.05) is 23.7 Å². The topological polar surface area (TPSA) is 96.3 Å². The predicted octanol–water partition coefficient (Wildman–Crippen LogP) is 4.05. The van der Waals surface area contributed by atoms with Crippen molar-refractivity contribution >= 4 is 29.1 Å². The number of aliphatic hydroxyl groups is 1. The summed E-state index contributed by atoms with van der Waals surface area (Å²) in [6, 6.07) is 10.2. The summed E-state index contributed by atoms with van der Waals surface area (Å²) in [4.78, 5) is 27.5. The van der Waals surface area contributed by atoms with Crippen LogP contribution in [0.15, 0.2) is 48.0 Å². The maximum atomic E-state index is 13.1. The summed E-state index contributed by atoms with van der Waals surface area (Å²) in [5.41, 5.74) is 0.890. The van der Waals surface area contributed by atoms with Crippen LogP contribution in [-0.2, 0) is 14.3 Å². The second-order valence-corrected chi connectivity index (χ2v) is 8.19. The smallest absolute Gasteiger partial charge is 0.295 e. The fraction of sp³-hybridized carbons (Fsp3) is 0.333. The first-order chi connectivity index (χ1) is 15.4. The van der Waals surface area contributed by atoms with E-state index in [1.54, 1.807) is 43.3 Å². The molecule has 4 rings (SSSR count). The van der Waals surface area contributed by atoms with Gasteiger partial charge in [-0.05, 0) is 61.7 Å². The number of phenols is 1. The highest BCUT2D eigenvalue weighted by Gasteiger charge is 2.47. The Morgan fingerprint density at radius 2 is 1.97 bits per heavy atom. The molecule has 2 aliphatic rings. The number of carbonyl (C=O) groups excluding carboxylic acids is 2. The monoisotopic (exact) mass is 457 g/mol. The van der Waals surface area contributed by atoms with Gasteiger partial charge in [0.25, 0.3) is 11.7 Å². The van der Waals surface area contributed by atoms with Crippen LogP contribution in [0.2, 0.25) is 5.02 Å². The van der Waals surface area contributed by atoms with Crippen molar-refractivity contribution in [2.45, 2.75) is 31.9 Å². The summed E-state index contributed by atoms with van der Waals surface area (Å²) >= 11 is 5.95. The molecule has 0 bridgehead atoms. The Morgan fingerprint density at radius 3 is 2.62 bits per heavy atom. The minimum atomic E-state index is -0.852. The number of ketones is 1. The van der Waals surface area contributed by atoms with Gasteiger partial charge in [-0.15, -0.1) is 0 Å². The van der Waals surface area contributed by atoms with E-state index in [-0.39, 0.29) is 35.5 Å². The third-order valence-corrected chi connectivity index (χ3v) is 5.93. The van der Waals surface area contributed by atoms with Gasteiger partial charge in [0.15, 0.2) is 11.5 Å². The van der Waals surface area contributed by atoms with E-state index in [0.29, 0.717) is 29.4 Å². The van der Waals surface area contributed by atoms with Crippen LogP contribution in [0.25, 0.3) is 5.76 Å². The lowest BCUT2D eigenvalue weighted by Gasteiger charge is -2.27. The third-order valence-electron chi connectivity index (χ3n) is 5.68. The molecule has 2 aromatic rings. The van der Waals surface area contributed by atoms with Crippen molar-refractivity contribution < 1.29 is 29.3 Å². The maximum Gasteiger partial charge on any atom is 0.295 e. The van der Waals surface area contributed by atoms with Crippen LogP contribution in [0.5, 0.6) is 11.5 Å². The van der Waals surface area contributed by atoms with Gasteiger partial charge in [0.2, 0.25) is 0 Å². The van der Waals surface area contributed by atoms with E-state index in [2.05, 4.69) is 0 Å². The predicted molar refractivity (Wildman–Crippen MR) is 119 cm³/mol. The second kappa shape index (κ2) is 9.22. The van der Waals surface area contributed by atoms with Crippen molar-refractivity contribution in [2.24, 2.45) is 0 Å². The molecule has 2 saturated heterocycles. The molecule has 0 radical (unpaired) electrons. The number of amides is 1. The van der Waals surface area contributed by atoms with Gasteiger partial charge < -0.3 is 24.6 Å². The Balaban J connectivity index is 1.84. The zero-order valence-electron chi connectivity index (χ0n) is 17.6. The standard InChI is InChI=1S/C24H24ClNO6/c1-2-31-19-12-15(7-10-18(19)27)21-20(22(28)14-5-8-16(25)9-6-14)23(29)24(30)26(21)13-17-4-3-11-32-17/h5-10,12,17,21,27-28H,2-4,11,13H2,1H3/b22-20+/t17-,21-/m0/s1. The highest BCUT2D eigenvalue weighted by Crippen LogP contribution is 2.42. The Hall–Kier alpha value is -3.03. The van der Waals surface area contributed by atoms with Crippen molar-refractivity contribution in [1.29, 1.82) is 0 Å². The van der Waals surface area contributed by atoms with E-state index in [1.165, 1.54) is 11.0 Å². The maximum absolute atomic E-state index is 13.1. The molecule has 1 amide bonds. The van der Waals surface area contributed by atoms with Crippen LogP contribution in [0.1, 0.15) is 36.9 Å². The molecule has 2 aromatic carbocycles. The van der Waals surface area contributed by atoms with Crippen molar-refractivity contribution in [2.75, 3.05) is 19.8 Å². The Labute approximate surface area is 190 Å². The molecular formula is C24H24ClNO6. The van der Waals surface area contributed by atoms with Crippen molar-refractivity contribution in [3.05, 3.63) is 64.2 Å². The molecule has 168 valence electrons. The molecule has 8 heteroatoms. The Morgan fingerprint density at radius 1 is 1.22 bits per heavy atom. The minimum Gasteiger partial charge on any atom is -0.507 e. The number of nitrogens with zero attached hydrogens (tertiary/aromatic N) is 1. The fourth-order valence-corrected chi connectivity index (χ4v) is 4.28. The fourth-order valence-electron chi connectivity index (χ4n) is 4.16. The van der Waals surface area contributed by atoms with E-state index >= 15 is 0 Å². The minimum absolute atomic E-state index is 0.0246. The lowest BCUT2D eigenvalue weighted by molar-refractivity contribution is -0.140. The van der Waals surface area contributed by atoms with Gasteiger partial charge in [0.1, 0.15) is 5.76 Å². The second-order valence-electron chi connectivity index (χ2n) is 7.75. The number of rotatable bonds is 6. The average Bonchev–Trinajstić information content (AvgIpc) is 3.38. The van der Waals surface area contributed by atoms with Crippen LogP contribution in [0.3, 0.4) is 0 Å². The molecule has 2 atom stereocenters. The van der Waals surface area contributed by atoms with Gasteiger partial charge in [0.05, 0.1) is 24.3 Å². The molecule has 0 aromatic heterocycles. The molecule has 2 N–H and O–H groups in total. The zero-order valence-corrected chi connectivity index (χ0v) is 18.3. The van der Waals surface area contributed by atoms with Crippen molar-refractivity contribution in [3.8, 4) is 11.5 Å². The molecule has 0 saturated carbocycles. The van der Waals surface area contributed by atoms with Gasteiger partial charge in [-0.3, -0.25) is 9.59 Å². The number of ether oxygens (including phenoxy) is 2. The van der Waals surface area contributed by atoms with E-state index in [4.69, 9.17) is 21.1 Å². The van der Waals surface area contributed by atoms with E-state index in [9.17, 15) is 19.8 Å². The number of hydrogen-bond acceptors (Lipinski definition) is 6. The van der Waals surface area contributed by atoms with Crippen molar-refractivity contribution in [3.63, 3.8) is 0 Å². The van der Waals surface area contributed by atoms with E-state index < -0.39 is 17.7 Å². The SMILES string of the molecule is CCOc1cc([C@H]2/C(=C(\O)c3ccc(Cl)cc3)C(=O)C(=O)N2C[C@@H]2CCCO2)ccc1O. The molecule has 7 nitrogen and oxygen atoms in total. The van der Waals surface area contributed by atoms with Gasteiger partial charge in [-0.1, -0.05) is 17.7 Å². The van der Waals surface area contributed by atoms with Crippen LogP contribution < -0.4 is 4.74 Å². The number of likely N-dealkylation sites (tertiary alicyclic amines) is 1. The summed E-state index contributed by atoms with van der Waals surface area (Å²) in [5, 5.41) is 21.7. The lowest BCUT2D eigenvalue weighted by atomic mass is 9.95. The summed E-state index contributed by atoms with van der Waals surface area (Å²) in [5.74, 6) is -1.58. The summed E-state index contributed by atoms with van der Waals surface area (Å²) in [7, 11) is 0. The highest BCUT2D eigenvalue weighted by atomic mass is 35.5. The number of aromatic hydroxyl groups is 1. The quantitative estimate of drug-likeness (QED) is 0.386. The van der Waals surface area contributed by atoms with Crippen LogP contribution in [0.4, 0.5) is 0 Å². The van der Waals surface area contributed by atoms with Crippen LogP contribution >= 0.6 is 11.6 Å². The molecular weight excluding hydrogens is 434 g/mol. The molecule has 0 spiro atoms. The number of hydrogen-bond donors (Lipinski definition) is 2. The number of benzene rings is 2. The Bertz CT molecular complexity index is 1060. The first-order valence-corrected chi connectivity index (χ1v) is 10.9. The van der Waals surface area contributed by atoms with E-state index in [1.807, 2.05) is 0 Å². The molecule has 2 heterocycles. The van der Waals surface area contributed by atoms with Gasteiger partial charge in [-0.25, -0.2) is 0 Å². The Kier molecular flexibility index (Phi) is 6.39. The largest absolute Gasteiger partial charge is 0.507 e. The molecule has 0 unspecified atom stereocenters. The average molecular weight is 458 g/mol. The molecule has 32 heavy (non-hydrogen) atoms. The third kappa shape index (κ3) is 4.18. The first kappa shape index (κ1) is 22.2.